The molecule has 1 atom stereocenters. The molecule has 2 heterocycles. The Morgan fingerprint density at radius 3 is 3.04 bits per heavy atom. The lowest BCUT2D eigenvalue weighted by Crippen LogP contribution is -2.46. The number of aryl methyl sites for hydroxylation is 1. The molecule has 1 unspecified atom stereocenters. The van der Waals surface area contributed by atoms with Crippen LogP contribution in [0.5, 0.6) is 0 Å². The van der Waals surface area contributed by atoms with E-state index < -0.39 is 5.97 Å². The first kappa shape index (κ1) is 16.2. The van der Waals surface area contributed by atoms with Gasteiger partial charge in [-0.2, -0.15) is 0 Å². The van der Waals surface area contributed by atoms with Crippen molar-refractivity contribution in [2.75, 3.05) is 19.6 Å². The number of fused-ring (bicyclic) bond motifs is 1. The maximum Gasteiger partial charge on any atom is 0.317 e. The molecular weight excluding hydrogens is 316 g/mol. The van der Waals surface area contributed by atoms with Crippen LogP contribution in [0.15, 0.2) is 18.2 Å². The number of aromatic nitrogens is 2. The van der Waals surface area contributed by atoms with E-state index in [2.05, 4.69) is 26.7 Å². The van der Waals surface area contributed by atoms with E-state index in [9.17, 15) is 4.79 Å². The predicted octanol–water partition coefficient (Wildman–Crippen LogP) is 1.87. The molecule has 3 rings (SSSR count). The van der Waals surface area contributed by atoms with Crippen LogP contribution in [0, 0.1) is 0 Å². The van der Waals surface area contributed by atoms with Gasteiger partial charge in [0.25, 0.3) is 0 Å². The van der Waals surface area contributed by atoms with E-state index in [1.165, 1.54) is 0 Å². The van der Waals surface area contributed by atoms with Crippen molar-refractivity contribution in [1.82, 2.24) is 19.8 Å². The third kappa shape index (κ3) is 3.49. The Morgan fingerprint density at radius 1 is 1.52 bits per heavy atom. The molecule has 1 aromatic heterocycles. The minimum atomic E-state index is -0.822. The van der Waals surface area contributed by atoms with Crippen LogP contribution in [-0.4, -0.2) is 50.7 Å². The quantitative estimate of drug-likeness (QED) is 0.872. The van der Waals surface area contributed by atoms with E-state index >= 15 is 0 Å². The summed E-state index contributed by atoms with van der Waals surface area (Å²) in [4.78, 5) is 17.7. The molecule has 0 spiro atoms. The standard InChI is InChI=1S/C16H21ClN4O2/c1-16(18-8-15(22)23)5-6-21(10-16)9-14-19-12-7-11(17)3-4-13(12)20(14)2/h3-4,7,18H,5-6,8-10H2,1-2H3,(H,22,23). The first-order chi connectivity index (χ1) is 10.9. The van der Waals surface area contributed by atoms with Gasteiger partial charge in [-0.05, 0) is 31.5 Å². The topological polar surface area (TPSA) is 70.4 Å². The van der Waals surface area contributed by atoms with Crippen LogP contribution < -0.4 is 5.32 Å². The van der Waals surface area contributed by atoms with Crippen LogP contribution in [-0.2, 0) is 18.4 Å². The van der Waals surface area contributed by atoms with E-state index in [1.807, 2.05) is 25.2 Å². The number of rotatable bonds is 5. The number of aliphatic carboxylic acids is 1. The number of carboxylic acids is 1. The molecule has 0 amide bonds. The van der Waals surface area contributed by atoms with Gasteiger partial charge >= 0.3 is 5.97 Å². The van der Waals surface area contributed by atoms with Gasteiger partial charge in [0, 0.05) is 30.7 Å². The zero-order valence-corrected chi connectivity index (χ0v) is 14.1. The average molecular weight is 337 g/mol. The van der Waals surface area contributed by atoms with Crippen molar-refractivity contribution in [2.24, 2.45) is 7.05 Å². The normalized spacial score (nSPS) is 22.0. The molecule has 0 aliphatic carbocycles. The van der Waals surface area contributed by atoms with Gasteiger partial charge in [0.15, 0.2) is 0 Å². The summed E-state index contributed by atoms with van der Waals surface area (Å²) in [6, 6.07) is 5.73. The second-order valence-corrected chi connectivity index (χ2v) is 6.93. The lowest BCUT2D eigenvalue weighted by molar-refractivity contribution is -0.136. The van der Waals surface area contributed by atoms with E-state index in [0.717, 1.165) is 42.9 Å². The Hall–Kier alpha value is -1.63. The fourth-order valence-electron chi connectivity index (χ4n) is 3.19. The van der Waals surface area contributed by atoms with Crippen LogP contribution in [0.4, 0.5) is 0 Å². The number of nitrogens with one attached hydrogen (secondary N) is 1. The summed E-state index contributed by atoms with van der Waals surface area (Å²) in [6.45, 7) is 4.55. The highest BCUT2D eigenvalue weighted by Gasteiger charge is 2.34. The van der Waals surface area contributed by atoms with Crippen molar-refractivity contribution in [3.8, 4) is 0 Å². The SMILES string of the molecule is Cn1c(CN2CCC(C)(NCC(=O)O)C2)nc2cc(Cl)ccc21. The summed E-state index contributed by atoms with van der Waals surface area (Å²) < 4.78 is 2.09. The highest BCUT2D eigenvalue weighted by molar-refractivity contribution is 6.31. The zero-order valence-electron chi connectivity index (χ0n) is 13.3. The number of hydrogen-bond acceptors (Lipinski definition) is 4. The van der Waals surface area contributed by atoms with Gasteiger partial charge in [0.1, 0.15) is 5.82 Å². The van der Waals surface area contributed by atoms with E-state index in [4.69, 9.17) is 16.7 Å². The maximum atomic E-state index is 10.7. The highest BCUT2D eigenvalue weighted by Crippen LogP contribution is 2.24. The fraction of sp³-hybridized carbons (Fsp3) is 0.500. The van der Waals surface area contributed by atoms with Crippen molar-refractivity contribution in [1.29, 1.82) is 0 Å². The van der Waals surface area contributed by atoms with Gasteiger partial charge < -0.3 is 15.0 Å². The molecule has 1 aliphatic rings. The predicted molar refractivity (Wildman–Crippen MR) is 89.7 cm³/mol. The lowest BCUT2D eigenvalue weighted by Gasteiger charge is -2.25. The van der Waals surface area contributed by atoms with Gasteiger partial charge in [-0.25, -0.2) is 4.98 Å². The fourth-order valence-corrected chi connectivity index (χ4v) is 3.36. The largest absolute Gasteiger partial charge is 0.480 e. The summed E-state index contributed by atoms with van der Waals surface area (Å²) in [5.74, 6) is 0.168. The Kier molecular flexibility index (Phi) is 4.31. The minimum absolute atomic E-state index is 0.00483. The van der Waals surface area contributed by atoms with E-state index in [0.29, 0.717) is 5.02 Å². The highest BCUT2D eigenvalue weighted by atomic mass is 35.5. The number of carbonyl (C=O) groups is 1. The Labute approximate surface area is 140 Å². The summed E-state index contributed by atoms with van der Waals surface area (Å²) in [7, 11) is 2.01. The molecule has 6 nitrogen and oxygen atoms in total. The number of nitrogens with zero attached hydrogens (tertiary/aromatic N) is 3. The van der Waals surface area contributed by atoms with Crippen molar-refractivity contribution >= 4 is 28.6 Å². The molecular formula is C16H21ClN4O2. The Morgan fingerprint density at radius 2 is 2.30 bits per heavy atom. The molecule has 2 N–H and O–H groups in total. The van der Waals surface area contributed by atoms with E-state index in [1.54, 1.807) is 0 Å². The zero-order chi connectivity index (χ0) is 16.6. The smallest absolute Gasteiger partial charge is 0.317 e. The first-order valence-corrected chi connectivity index (χ1v) is 8.04. The molecule has 23 heavy (non-hydrogen) atoms. The van der Waals surface area contributed by atoms with Crippen LogP contribution in [0.1, 0.15) is 19.2 Å². The molecule has 7 heteroatoms. The molecule has 1 fully saturated rings. The van der Waals surface area contributed by atoms with Crippen molar-refractivity contribution < 1.29 is 9.90 Å². The lowest BCUT2D eigenvalue weighted by atomic mass is 10.0. The number of halogens is 1. The molecule has 0 radical (unpaired) electrons. The van der Waals surface area contributed by atoms with Crippen LogP contribution in [0.3, 0.4) is 0 Å². The maximum absolute atomic E-state index is 10.7. The van der Waals surface area contributed by atoms with Crippen LogP contribution in [0.2, 0.25) is 5.02 Å². The van der Waals surface area contributed by atoms with Crippen molar-refractivity contribution in [2.45, 2.75) is 25.4 Å². The molecule has 124 valence electrons. The monoisotopic (exact) mass is 336 g/mol. The second kappa shape index (κ2) is 6.11. The summed E-state index contributed by atoms with van der Waals surface area (Å²) >= 11 is 6.03. The molecule has 1 aromatic carbocycles. The van der Waals surface area contributed by atoms with Crippen molar-refractivity contribution in [3.63, 3.8) is 0 Å². The summed E-state index contributed by atoms with van der Waals surface area (Å²) in [5, 5.41) is 12.7. The van der Waals surface area contributed by atoms with Gasteiger partial charge in [0.05, 0.1) is 24.1 Å². The van der Waals surface area contributed by atoms with E-state index in [-0.39, 0.29) is 12.1 Å². The van der Waals surface area contributed by atoms with Gasteiger partial charge in [-0.15, -0.1) is 0 Å². The van der Waals surface area contributed by atoms with Gasteiger partial charge in [0.2, 0.25) is 0 Å². The molecule has 2 aromatic rings. The third-order valence-electron chi connectivity index (χ3n) is 4.52. The Bertz CT molecular complexity index is 745. The second-order valence-electron chi connectivity index (χ2n) is 6.49. The number of carboxylic acid groups (broad SMARTS) is 1. The number of hydrogen-bond donors (Lipinski definition) is 2. The summed E-state index contributed by atoms with van der Waals surface area (Å²) in [6.07, 6.45) is 0.927. The number of likely N-dealkylation sites (tertiary alicyclic amines) is 1. The number of imidazole rings is 1. The minimum Gasteiger partial charge on any atom is -0.480 e. The molecule has 0 saturated carbocycles. The van der Waals surface area contributed by atoms with Crippen LogP contribution >= 0.6 is 11.6 Å². The first-order valence-electron chi connectivity index (χ1n) is 7.66. The van der Waals surface area contributed by atoms with Crippen molar-refractivity contribution in [3.05, 3.63) is 29.0 Å². The van der Waals surface area contributed by atoms with Gasteiger partial charge in [-0.3, -0.25) is 9.69 Å². The van der Waals surface area contributed by atoms with Gasteiger partial charge in [-0.1, -0.05) is 11.6 Å². The average Bonchev–Trinajstić information content (AvgIpc) is 2.99. The summed E-state index contributed by atoms with van der Waals surface area (Å²) in [5.41, 5.74) is 1.81. The molecule has 1 aliphatic heterocycles. The number of benzene rings is 1. The Balaban J connectivity index is 1.71. The molecule has 1 saturated heterocycles. The third-order valence-corrected chi connectivity index (χ3v) is 4.75. The van der Waals surface area contributed by atoms with Crippen LogP contribution in [0.25, 0.3) is 11.0 Å². The molecule has 0 bridgehead atoms.